The van der Waals surface area contributed by atoms with Gasteiger partial charge in [0.2, 0.25) is 5.91 Å². The van der Waals surface area contributed by atoms with Gasteiger partial charge in [0.25, 0.3) is 0 Å². The average molecular weight is 417 g/mol. The van der Waals surface area contributed by atoms with E-state index in [0.29, 0.717) is 5.82 Å². The Balaban J connectivity index is 1.47. The van der Waals surface area contributed by atoms with Gasteiger partial charge in [-0.2, -0.15) is 10.2 Å². The van der Waals surface area contributed by atoms with E-state index in [1.165, 1.54) is 0 Å². The Labute approximate surface area is 176 Å². The molecule has 1 aliphatic rings. The van der Waals surface area contributed by atoms with Gasteiger partial charge in [-0.05, 0) is 52.0 Å². The summed E-state index contributed by atoms with van der Waals surface area (Å²) in [5.74, 6) is 0.648. The molecule has 2 amide bonds. The molecule has 3 rings (SSSR count). The van der Waals surface area contributed by atoms with Crippen LogP contribution >= 0.6 is 0 Å². The van der Waals surface area contributed by atoms with Crippen LogP contribution in [0.5, 0.6) is 0 Å². The van der Waals surface area contributed by atoms with Crippen LogP contribution in [0.2, 0.25) is 0 Å². The van der Waals surface area contributed by atoms with Crippen LogP contribution in [0.3, 0.4) is 0 Å². The van der Waals surface area contributed by atoms with Crippen molar-refractivity contribution in [2.45, 2.75) is 83.9 Å². The molecule has 0 spiro atoms. The van der Waals surface area contributed by atoms with Crippen molar-refractivity contribution in [3.8, 4) is 0 Å². The van der Waals surface area contributed by atoms with Crippen molar-refractivity contribution < 1.29 is 14.3 Å². The normalized spacial score (nSPS) is 19.6. The lowest BCUT2D eigenvalue weighted by atomic mass is 10.0. The number of hydrogen-bond donors (Lipinski definition) is 3. The first-order valence-corrected chi connectivity index (χ1v) is 10.7. The van der Waals surface area contributed by atoms with Gasteiger partial charge in [-0.25, -0.2) is 4.79 Å². The topological polar surface area (TPSA) is 114 Å². The van der Waals surface area contributed by atoms with Gasteiger partial charge in [0.05, 0.1) is 12.6 Å². The predicted octanol–water partition coefficient (Wildman–Crippen LogP) is 3.53. The zero-order valence-electron chi connectivity index (χ0n) is 18.1. The van der Waals surface area contributed by atoms with Crippen LogP contribution in [0.15, 0.2) is 18.5 Å². The molecule has 0 bridgehead atoms. The van der Waals surface area contributed by atoms with Gasteiger partial charge in [0.15, 0.2) is 5.82 Å². The number of hydrogen-bond acceptors (Lipinski definition) is 5. The molecule has 1 fully saturated rings. The number of aromatic nitrogens is 4. The summed E-state index contributed by atoms with van der Waals surface area (Å²) in [4.78, 5) is 24.2. The number of nitrogens with one attached hydrogen (secondary N) is 3. The van der Waals surface area contributed by atoms with E-state index in [4.69, 9.17) is 4.74 Å². The third-order valence-corrected chi connectivity index (χ3v) is 5.49. The highest BCUT2D eigenvalue weighted by atomic mass is 16.6. The van der Waals surface area contributed by atoms with Crippen LogP contribution in [-0.4, -0.2) is 44.1 Å². The number of H-pyrrole nitrogens is 1. The van der Waals surface area contributed by atoms with Crippen molar-refractivity contribution in [2.24, 2.45) is 0 Å². The second-order valence-electron chi connectivity index (χ2n) is 8.33. The van der Waals surface area contributed by atoms with Crippen molar-refractivity contribution in [1.82, 2.24) is 25.3 Å². The van der Waals surface area contributed by atoms with Crippen LogP contribution in [0, 0.1) is 0 Å². The molecule has 3 N–H and O–H groups in total. The third-order valence-electron chi connectivity index (χ3n) is 5.49. The highest BCUT2D eigenvalue weighted by Crippen LogP contribution is 2.34. The van der Waals surface area contributed by atoms with Crippen molar-refractivity contribution in [3.63, 3.8) is 0 Å². The van der Waals surface area contributed by atoms with E-state index in [9.17, 15) is 9.59 Å². The minimum Gasteiger partial charge on any atom is -0.447 e. The van der Waals surface area contributed by atoms with E-state index in [0.717, 1.165) is 36.9 Å². The fourth-order valence-corrected chi connectivity index (χ4v) is 3.60. The van der Waals surface area contributed by atoms with Gasteiger partial charge in [-0.3, -0.25) is 14.6 Å². The Kier molecular flexibility index (Phi) is 7.12. The number of carbonyl (C=O) groups is 2. The molecule has 30 heavy (non-hydrogen) atoms. The van der Waals surface area contributed by atoms with Crippen LogP contribution in [0.25, 0.3) is 0 Å². The highest BCUT2D eigenvalue weighted by molar-refractivity contribution is 5.91. The second-order valence-corrected chi connectivity index (χ2v) is 8.33. The van der Waals surface area contributed by atoms with E-state index in [1.54, 1.807) is 6.20 Å². The number of ether oxygens (including phenoxy) is 1. The van der Waals surface area contributed by atoms with E-state index in [-0.39, 0.29) is 42.5 Å². The molecule has 0 aromatic carbocycles. The van der Waals surface area contributed by atoms with Crippen LogP contribution in [0.4, 0.5) is 10.6 Å². The fraction of sp³-hybridized carbons (Fsp3) is 0.619. The summed E-state index contributed by atoms with van der Waals surface area (Å²) in [6.45, 7) is 7.95. The summed E-state index contributed by atoms with van der Waals surface area (Å²) in [7, 11) is 0. The number of amides is 2. The first kappa shape index (κ1) is 21.9. The van der Waals surface area contributed by atoms with Gasteiger partial charge in [-0.1, -0.05) is 6.92 Å². The van der Waals surface area contributed by atoms with E-state index < -0.39 is 0 Å². The predicted molar refractivity (Wildman–Crippen MR) is 113 cm³/mol. The van der Waals surface area contributed by atoms with Gasteiger partial charge in [0.1, 0.15) is 6.10 Å². The molecular weight excluding hydrogens is 384 g/mol. The summed E-state index contributed by atoms with van der Waals surface area (Å²) in [6.07, 6.45) is 6.87. The summed E-state index contributed by atoms with van der Waals surface area (Å²) >= 11 is 0. The number of alkyl carbamates (subject to hydrolysis) is 1. The van der Waals surface area contributed by atoms with Gasteiger partial charge in [-0.15, -0.1) is 0 Å². The molecule has 164 valence electrons. The van der Waals surface area contributed by atoms with Crippen LogP contribution in [-0.2, 0) is 16.0 Å². The highest BCUT2D eigenvalue weighted by Gasteiger charge is 2.29. The first-order chi connectivity index (χ1) is 14.3. The summed E-state index contributed by atoms with van der Waals surface area (Å²) in [5.41, 5.74) is 1.84. The third kappa shape index (κ3) is 5.84. The molecule has 3 atom stereocenters. The Morgan fingerprint density at radius 3 is 2.83 bits per heavy atom. The lowest BCUT2D eigenvalue weighted by Crippen LogP contribution is -2.35. The maximum absolute atomic E-state index is 12.3. The molecule has 0 radical (unpaired) electrons. The quantitative estimate of drug-likeness (QED) is 0.609. The lowest BCUT2D eigenvalue weighted by Gasteiger charge is -2.16. The van der Waals surface area contributed by atoms with Crippen LogP contribution < -0.4 is 10.6 Å². The molecular formula is C21H32N6O3. The SMILES string of the molecule is CCC(C)OC(=O)NC1CCC(c2cc(NC(=O)Cc3cnn(C(C)C)c3)n[nH]2)C1. The summed E-state index contributed by atoms with van der Waals surface area (Å²) in [6, 6.07) is 2.22. The van der Waals surface area contributed by atoms with E-state index >= 15 is 0 Å². The second kappa shape index (κ2) is 9.77. The smallest absolute Gasteiger partial charge is 0.407 e. The molecule has 2 heterocycles. The van der Waals surface area contributed by atoms with Gasteiger partial charge in [0, 0.05) is 36.0 Å². The Morgan fingerprint density at radius 1 is 1.33 bits per heavy atom. The van der Waals surface area contributed by atoms with Crippen molar-refractivity contribution in [3.05, 3.63) is 29.7 Å². The molecule has 1 saturated carbocycles. The monoisotopic (exact) mass is 416 g/mol. The minimum absolute atomic E-state index is 0.0827. The largest absolute Gasteiger partial charge is 0.447 e. The summed E-state index contributed by atoms with van der Waals surface area (Å²) < 4.78 is 7.12. The Hall–Kier alpha value is -2.84. The van der Waals surface area contributed by atoms with Crippen molar-refractivity contribution >= 4 is 17.8 Å². The number of anilines is 1. The standard InChI is InChI=1S/C21H32N6O3/c1-5-14(4)30-21(29)23-17-7-6-16(9-17)18-10-19(26-25-18)24-20(28)8-15-11-22-27(12-15)13(2)3/h10-14,16-17H,5-9H2,1-4H3,(H,23,29)(H2,24,25,26,28). The number of carbonyl (C=O) groups excluding carboxylic acids is 2. The molecule has 3 unspecified atom stereocenters. The van der Waals surface area contributed by atoms with Crippen molar-refractivity contribution in [1.29, 1.82) is 0 Å². The Bertz CT molecular complexity index is 859. The zero-order chi connectivity index (χ0) is 21.7. The minimum atomic E-state index is -0.353. The maximum atomic E-state index is 12.3. The number of nitrogens with zero attached hydrogens (tertiary/aromatic N) is 3. The van der Waals surface area contributed by atoms with Crippen molar-refractivity contribution in [2.75, 3.05) is 5.32 Å². The summed E-state index contributed by atoms with van der Waals surface area (Å²) in [5, 5.41) is 17.3. The van der Waals surface area contributed by atoms with Crippen LogP contribution in [0.1, 0.15) is 76.6 Å². The molecule has 2 aromatic heterocycles. The van der Waals surface area contributed by atoms with E-state index in [1.807, 2.05) is 44.6 Å². The molecule has 0 saturated heterocycles. The lowest BCUT2D eigenvalue weighted by molar-refractivity contribution is -0.115. The molecule has 9 nitrogen and oxygen atoms in total. The molecule has 0 aliphatic heterocycles. The molecule has 1 aliphatic carbocycles. The maximum Gasteiger partial charge on any atom is 0.407 e. The van der Waals surface area contributed by atoms with Gasteiger partial charge >= 0.3 is 6.09 Å². The fourth-order valence-electron chi connectivity index (χ4n) is 3.60. The zero-order valence-corrected chi connectivity index (χ0v) is 18.1. The molecule has 2 aromatic rings. The average Bonchev–Trinajstić information content (AvgIpc) is 3.42. The van der Waals surface area contributed by atoms with Gasteiger partial charge < -0.3 is 15.4 Å². The number of rotatable bonds is 8. The Morgan fingerprint density at radius 2 is 2.13 bits per heavy atom. The van der Waals surface area contributed by atoms with E-state index in [2.05, 4.69) is 25.9 Å². The first-order valence-electron chi connectivity index (χ1n) is 10.7. The molecule has 9 heteroatoms. The number of aromatic amines is 1.